The molecule has 3 rings (SSSR count). The molecule has 0 spiro atoms. The first-order valence-corrected chi connectivity index (χ1v) is 14.9. The van der Waals surface area contributed by atoms with E-state index in [-0.39, 0.29) is 35.5 Å². The number of nitrogens with zero attached hydrogens (tertiary/aromatic N) is 2. The molecule has 0 aliphatic rings. The van der Waals surface area contributed by atoms with Crippen molar-refractivity contribution in [1.82, 2.24) is 10.2 Å². The van der Waals surface area contributed by atoms with Crippen molar-refractivity contribution in [1.29, 1.82) is 0 Å². The SMILES string of the molecule is CC[C@H](C(=O)NC(C)C)N(Cc1ccc(Cl)cc1Cl)C(=O)CN(c1cccc(Cl)c1)S(=O)(=O)c1ccccc1. The van der Waals surface area contributed by atoms with Crippen LogP contribution in [0.5, 0.6) is 0 Å². The summed E-state index contributed by atoms with van der Waals surface area (Å²) in [4.78, 5) is 28.5. The topological polar surface area (TPSA) is 86.8 Å². The number of halogens is 3. The maximum absolute atomic E-state index is 14.0. The summed E-state index contributed by atoms with van der Waals surface area (Å²) in [6.45, 7) is 4.81. The molecule has 208 valence electrons. The Labute approximate surface area is 244 Å². The Balaban J connectivity index is 2.08. The fourth-order valence-corrected chi connectivity index (χ4v) is 6.09. The number of hydrogen-bond donors (Lipinski definition) is 1. The predicted molar refractivity (Wildman–Crippen MR) is 157 cm³/mol. The monoisotopic (exact) mass is 609 g/mol. The van der Waals surface area contributed by atoms with Gasteiger partial charge in [0.05, 0.1) is 10.6 Å². The van der Waals surface area contributed by atoms with E-state index in [1.807, 2.05) is 13.8 Å². The molecule has 1 atom stereocenters. The van der Waals surface area contributed by atoms with E-state index in [0.29, 0.717) is 20.6 Å². The van der Waals surface area contributed by atoms with Gasteiger partial charge in [-0.3, -0.25) is 13.9 Å². The quantitative estimate of drug-likeness (QED) is 0.281. The minimum atomic E-state index is -4.17. The van der Waals surface area contributed by atoms with Crippen LogP contribution < -0.4 is 9.62 Å². The molecular formula is C28H30Cl3N3O4S. The van der Waals surface area contributed by atoms with Crippen molar-refractivity contribution in [2.24, 2.45) is 0 Å². The van der Waals surface area contributed by atoms with Crippen LogP contribution in [0.15, 0.2) is 77.7 Å². The number of amides is 2. The lowest BCUT2D eigenvalue weighted by atomic mass is 10.1. The predicted octanol–water partition coefficient (Wildman–Crippen LogP) is 6.17. The van der Waals surface area contributed by atoms with Crippen molar-refractivity contribution in [3.63, 3.8) is 0 Å². The van der Waals surface area contributed by atoms with Gasteiger partial charge in [-0.15, -0.1) is 0 Å². The van der Waals surface area contributed by atoms with Gasteiger partial charge in [0.1, 0.15) is 12.6 Å². The molecule has 2 amide bonds. The molecule has 3 aromatic rings. The Kier molecular flexibility index (Phi) is 10.7. The average Bonchev–Trinajstić information content (AvgIpc) is 2.88. The van der Waals surface area contributed by atoms with Crippen molar-refractivity contribution in [2.45, 2.75) is 50.7 Å². The Hall–Kier alpha value is -2.78. The van der Waals surface area contributed by atoms with Crippen molar-refractivity contribution in [3.8, 4) is 0 Å². The number of rotatable bonds is 11. The summed E-state index contributed by atoms with van der Waals surface area (Å²) in [7, 11) is -4.17. The maximum Gasteiger partial charge on any atom is 0.264 e. The van der Waals surface area contributed by atoms with Crippen molar-refractivity contribution in [3.05, 3.63) is 93.4 Å². The van der Waals surface area contributed by atoms with Crippen molar-refractivity contribution in [2.75, 3.05) is 10.8 Å². The number of sulfonamides is 1. The Bertz CT molecular complexity index is 1420. The number of benzene rings is 3. The third-order valence-electron chi connectivity index (χ3n) is 5.88. The van der Waals surface area contributed by atoms with Crippen molar-refractivity contribution < 1.29 is 18.0 Å². The lowest BCUT2D eigenvalue weighted by molar-refractivity contribution is -0.140. The molecule has 0 radical (unpaired) electrons. The second kappa shape index (κ2) is 13.5. The van der Waals surface area contributed by atoms with Crippen LogP contribution in [0.4, 0.5) is 5.69 Å². The second-order valence-electron chi connectivity index (χ2n) is 9.15. The van der Waals surface area contributed by atoms with E-state index in [4.69, 9.17) is 34.8 Å². The van der Waals surface area contributed by atoms with E-state index < -0.39 is 28.5 Å². The van der Waals surface area contributed by atoms with Gasteiger partial charge in [0, 0.05) is 27.7 Å². The molecule has 0 saturated carbocycles. The fourth-order valence-electron chi connectivity index (χ4n) is 4.01. The van der Waals surface area contributed by atoms with Gasteiger partial charge in [0.2, 0.25) is 11.8 Å². The molecule has 0 aromatic heterocycles. The highest BCUT2D eigenvalue weighted by Gasteiger charge is 2.34. The van der Waals surface area contributed by atoms with E-state index >= 15 is 0 Å². The van der Waals surface area contributed by atoms with Crippen LogP contribution in [0.3, 0.4) is 0 Å². The Morgan fingerprint density at radius 2 is 1.56 bits per heavy atom. The largest absolute Gasteiger partial charge is 0.352 e. The van der Waals surface area contributed by atoms with E-state index in [9.17, 15) is 18.0 Å². The number of carbonyl (C=O) groups excluding carboxylic acids is 2. The smallest absolute Gasteiger partial charge is 0.264 e. The van der Waals surface area contributed by atoms with Crippen LogP contribution in [0, 0.1) is 0 Å². The molecule has 0 saturated heterocycles. The van der Waals surface area contributed by atoms with Gasteiger partial charge in [-0.25, -0.2) is 8.42 Å². The standard InChI is InChI=1S/C28H30Cl3N3O4S/c1-4-26(28(36)32-19(2)3)33(17-20-13-14-22(30)16-25(20)31)27(35)18-34(23-10-8-9-21(29)15-23)39(37,38)24-11-6-5-7-12-24/h5-16,19,26H,4,17-18H2,1-3H3,(H,32,36)/t26-/m1/s1. The first-order chi connectivity index (χ1) is 18.4. The molecule has 1 N–H and O–H groups in total. The van der Waals surface area contributed by atoms with Gasteiger partial charge in [0.25, 0.3) is 10.0 Å². The number of hydrogen-bond acceptors (Lipinski definition) is 4. The molecule has 0 unspecified atom stereocenters. The number of carbonyl (C=O) groups is 2. The molecule has 0 aliphatic carbocycles. The van der Waals surface area contributed by atoms with Gasteiger partial charge >= 0.3 is 0 Å². The summed E-state index contributed by atoms with van der Waals surface area (Å²) < 4.78 is 28.5. The van der Waals surface area contributed by atoms with E-state index in [0.717, 1.165) is 4.31 Å². The van der Waals surface area contributed by atoms with Gasteiger partial charge in [0.15, 0.2) is 0 Å². The summed E-state index contributed by atoms with van der Waals surface area (Å²) in [6, 6.07) is 17.9. The highest BCUT2D eigenvalue weighted by atomic mass is 35.5. The lowest BCUT2D eigenvalue weighted by Gasteiger charge is -2.33. The van der Waals surface area contributed by atoms with Crippen LogP contribution in [0.2, 0.25) is 15.1 Å². The fraction of sp³-hybridized carbons (Fsp3) is 0.286. The Morgan fingerprint density at radius 3 is 2.15 bits per heavy atom. The van der Waals surface area contributed by atoms with Crippen LogP contribution in [0.25, 0.3) is 0 Å². The van der Waals surface area contributed by atoms with Gasteiger partial charge < -0.3 is 10.2 Å². The van der Waals surface area contributed by atoms with Crippen LogP contribution >= 0.6 is 34.8 Å². The molecule has 3 aromatic carbocycles. The molecule has 11 heteroatoms. The van der Waals surface area contributed by atoms with Crippen LogP contribution in [0.1, 0.15) is 32.8 Å². The third kappa shape index (κ3) is 7.88. The van der Waals surface area contributed by atoms with Gasteiger partial charge in [-0.2, -0.15) is 0 Å². The summed E-state index contributed by atoms with van der Waals surface area (Å²) >= 11 is 18.7. The summed E-state index contributed by atoms with van der Waals surface area (Å²) in [5.74, 6) is -0.947. The maximum atomic E-state index is 14.0. The summed E-state index contributed by atoms with van der Waals surface area (Å²) in [6.07, 6.45) is 0.290. The molecule has 0 bridgehead atoms. The molecule has 0 fully saturated rings. The minimum Gasteiger partial charge on any atom is -0.352 e. The highest BCUT2D eigenvalue weighted by molar-refractivity contribution is 7.92. The summed E-state index contributed by atoms with van der Waals surface area (Å²) in [5.41, 5.74) is 0.772. The first-order valence-electron chi connectivity index (χ1n) is 12.3. The second-order valence-corrected chi connectivity index (χ2v) is 12.3. The summed E-state index contributed by atoms with van der Waals surface area (Å²) in [5, 5.41) is 3.90. The molecular weight excluding hydrogens is 581 g/mol. The van der Waals surface area contributed by atoms with E-state index in [2.05, 4.69) is 5.32 Å². The first kappa shape index (κ1) is 30.8. The van der Waals surface area contributed by atoms with E-state index in [1.165, 1.54) is 23.1 Å². The Morgan fingerprint density at radius 1 is 0.897 bits per heavy atom. The average molecular weight is 611 g/mol. The van der Waals surface area contributed by atoms with E-state index in [1.54, 1.807) is 61.5 Å². The number of anilines is 1. The highest BCUT2D eigenvalue weighted by Crippen LogP contribution is 2.28. The van der Waals surface area contributed by atoms with Crippen LogP contribution in [-0.4, -0.2) is 43.8 Å². The third-order valence-corrected chi connectivity index (χ3v) is 8.49. The number of nitrogens with one attached hydrogen (secondary N) is 1. The zero-order valence-corrected chi connectivity index (χ0v) is 24.9. The minimum absolute atomic E-state index is 0.00895. The van der Waals surface area contributed by atoms with Crippen molar-refractivity contribution >= 4 is 62.3 Å². The van der Waals surface area contributed by atoms with Gasteiger partial charge in [-0.1, -0.05) is 72.1 Å². The normalized spacial score (nSPS) is 12.2. The molecule has 0 heterocycles. The lowest BCUT2D eigenvalue weighted by Crippen LogP contribution is -2.53. The molecule has 39 heavy (non-hydrogen) atoms. The van der Waals surface area contributed by atoms with Crippen LogP contribution in [-0.2, 0) is 26.2 Å². The van der Waals surface area contributed by atoms with Gasteiger partial charge in [-0.05, 0) is 68.3 Å². The molecule has 0 aliphatic heterocycles. The zero-order chi connectivity index (χ0) is 28.7. The molecule has 7 nitrogen and oxygen atoms in total. The zero-order valence-electron chi connectivity index (χ0n) is 21.8.